The van der Waals surface area contributed by atoms with Crippen LogP contribution in [0.3, 0.4) is 0 Å². The fraction of sp³-hybridized carbons (Fsp3) is 0.375. The number of aromatic nitrogens is 1. The molecule has 1 amide bonds. The predicted octanol–water partition coefficient (Wildman–Crippen LogP) is 4.06. The van der Waals surface area contributed by atoms with Crippen LogP contribution in [0.15, 0.2) is 28.8 Å². The Bertz CT molecular complexity index is 708. The predicted molar refractivity (Wildman–Crippen MR) is 77.9 cm³/mol. The molecule has 1 atom stereocenters. The van der Waals surface area contributed by atoms with Crippen LogP contribution in [0.25, 0.3) is 0 Å². The highest BCUT2D eigenvalue weighted by Gasteiger charge is 2.31. The topological polar surface area (TPSA) is 55.1 Å². The van der Waals surface area contributed by atoms with E-state index in [1.807, 2.05) is 6.92 Å². The molecule has 124 valence electrons. The van der Waals surface area contributed by atoms with Gasteiger partial charge in [-0.25, -0.2) is 0 Å². The monoisotopic (exact) mass is 326 g/mol. The Morgan fingerprint density at radius 3 is 2.70 bits per heavy atom. The summed E-state index contributed by atoms with van der Waals surface area (Å²) in [4.78, 5) is 12.3. The maximum absolute atomic E-state index is 12.8. The lowest BCUT2D eigenvalue weighted by atomic mass is 10.0. The number of nitrogens with one attached hydrogen (secondary N) is 1. The van der Waals surface area contributed by atoms with Gasteiger partial charge < -0.3 is 9.84 Å². The second kappa shape index (κ2) is 6.44. The number of aryl methyl sites for hydroxylation is 2. The van der Waals surface area contributed by atoms with E-state index in [-0.39, 0.29) is 0 Å². The molecule has 0 fully saturated rings. The quantitative estimate of drug-likeness (QED) is 0.922. The summed E-state index contributed by atoms with van der Waals surface area (Å²) in [6.07, 6.45) is -3.91. The lowest BCUT2D eigenvalue weighted by molar-refractivity contribution is -0.137. The van der Waals surface area contributed by atoms with E-state index in [0.717, 1.165) is 12.1 Å². The molecule has 0 aliphatic carbocycles. The molecule has 0 saturated carbocycles. The first-order valence-electron chi connectivity index (χ1n) is 7.17. The Hall–Kier alpha value is -2.31. The minimum Gasteiger partial charge on any atom is -0.360 e. The summed E-state index contributed by atoms with van der Waals surface area (Å²) in [6.45, 7) is 5.10. The molecule has 7 heteroatoms. The molecule has 1 aromatic heterocycles. The van der Waals surface area contributed by atoms with Gasteiger partial charge in [0.05, 0.1) is 17.3 Å². The molecule has 0 aliphatic heterocycles. The van der Waals surface area contributed by atoms with E-state index >= 15 is 0 Å². The SMILES string of the molecule is CCc1onc(C)c1C(=O)NC(C)c1cccc(C(F)(F)F)c1. The van der Waals surface area contributed by atoms with Crippen LogP contribution < -0.4 is 5.32 Å². The minimum absolute atomic E-state index is 0.339. The Kier molecular flexibility index (Phi) is 4.77. The zero-order valence-electron chi connectivity index (χ0n) is 13.0. The maximum Gasteiger partial charge on any atom is 0.416 e. The number of rotatable bonds is 4. The first kappa shape index (κ1) is 17.1. The molecule has 23 heavy (non-hydrogen) atoms. The number of halogens is 3. The van der Waals surface area contributed by atoms with Gasteiger partial charge in [0.2, 0.25) is 0 Å². The van der Waals surface area contributed by atoms with Gasteiger partial charge in [0, 0.05) is 6.42 Å². The average molecular weight is 326 g/mol. The van der Waals surface area contributed by atoms with Crippen LogP contribution in [0.4, 0.5) is 13.2 Å². The van der Waals surface area contributed by atoms with Gasteiger partial charge in [-0.15, -0.1) is 0 Å². The summed E-state index contributed by atoms with van der Waals surface area (Å²) in [7, 11) is 0. The van der Waals surface area contributed by atoms with Crippen LogP contribution in [-0.4, -0.2) is 11.1 Å². The van der Waals surface area contributed by atoms with Gasteiger partial charge in [0.1, 0.15) is 11.3 Å². The van der Waals surface area contributed by atoms with Crippen molar-refractivity contribution in [2.24, 2.45) is 0 Å². The molecule has 1 heterocycles. The van der Waals surface area contributed by atoms with Gasteiger partial charge in [-0.05, 0) is 31.5 Å². The summed E-state index contributed by atoms with van der Waals surface area (Å²) in [6, 6.07) is 4.32. The van der Waals surface area contributed by atoms with Gasteiger partial charge in [-0.1, -0.05) is 24.2 Å². The van der Waals surface area contributed by atoms with Crippen molar-refractivity contribution in [1.29, 1.82) is 0 Å². The van der Waals surface area contributed by atoms with Crippen molar-refractivity contribution in [2.45, 2.75) is 39.4 Å². The molecule has 1 N–H and O–H groups in total. The molecular weight excluding hydrogens is 309 g/mol. The van der Waals surface area contributed by atoms with Crippen LogP contribution in [0, 0.1) is 6.92 Å². The average Bonchev–Trinajstić information content (AvgIpc) is 2.87. The first-order chi connectivity index (χ1) is 10.7. The number of carbonyl (C=O) groups is 1. The highest BCUT2D eigenvalue weighted by Crippen LogP contribution is 2.30. The van der Waals surface area contributed by atoms with E-state index in [1.54, 1.807) is 19.9 Å². The Morgan fingerprint density at radius 1 is 1.39 bits per heavy atom. The fourth-order valence-electron chi connectivity index (χ4n) is 2.29. The third kappa shape index (κ3) is 3.72. The summed E-state index contributed by atoms with van der Waals surface area (Å²) in [5, 5.41) is 6.44. The lowest BCUT2D eigenvalue weighted by Crippen LogP contribution is -2.27. The molecule has 1 unspecified atom stereocenters. The number of benzene rings is 1. The van der Waals surface area contributed by atoms with Crippen molar-refractivity contribution in [3.8, 4) is 0 Å². The number of hydrogen-bond acceptors (Lipinski definition) is 3. The Morgan fingerprint density at radius 2 is 2.09 bits per heavy atom. The second-order valence-corrected chi connectivity index (χ2v) is 5.24. The molecule has 1 aromatic carbocycles. The van der Waals surface area contributed by atoms with Crippen molar-refractivity contribution in [3.63, 3.8) is 0 Å². The molecule has 0 spiro atoms. The lowest BCUT2D eigenvalue weighted by Gasteiger charge is -2.16. The normalized spacial score (nSPS) is 13.0. The van der Waals surface area contributed by atoms with E-state index in [0.29, 0.717) is 29.0 Å². The molecular formula is C16H17F3N2O2. The smallest absolute Gasteiger partial charge is 0.360 e. The van der Waals surface area contributed by atoms with Crippen LogP contribution in [0.5, 0.6) is 0 Å². The number of hydrogen-bond donors (Lipinski definition) is 1. The number of nitrogens with zero attached hydrogens (tertiary/aromatic N) is 1. The summed E-state index contributed by atoms with van der Waals surface area (Å²) >= 11 is 0. The van der Waals surface area contributed by atoms with Crippen molar-refractivity contribution in [3.05, 3.63) is 52.4 Å². The van der Waals surface area contributed by atoms with Crippen molar-refractivity contribution >= 4 is 5.91 Å². The van der Waals surface area contributed by atoms with Crippen molar-refractivity contribution < 1.29 is 22.5 Å². The highest BCUT2D eigenvalue weighted by atomic mass is 19.4. The zero-order valence-corrected chi connectivity index (χ0v) is 13.0. The molecule has 0 aliphatic rings. The molecule has 4 nitrogen and oxygen atoms in total. The Balaban J connectivity index is 2.20. The van der Waals surface area contributed by atoms with E-state index in [1.165, 1.54) is 6.07 Å². The standard InChI is InChI=1S/C16H17F3N2O2/c1-4-13-14(10(3)21-23-13)15(22)20-9(2)11-6-5-7-12(8-11)16(17,18)19/h5-9H,4H2,1-3H3,(H,20,22). The van der Waals surface area contributed by atoms with Gasteiger partial charge in [-0.2, -0.15) is 13.2 Å². The number of amides is 1. The molecule has 0 saturated heterocycles. The third-order valence-corrected chi connectivity index (χ3v) is 3.54. The number of carbonyl (C=O) groups excluding carboxylic acids is 1. The van der Waals surface area contributed by atoms with Crippen LogP contribution in [0.1, 0.15) is 52.8 Å². The second-order valence-electron chi connectivity index (χ2n) is 5.24. The fourth-order valence-corrected chi connectivity index (χ4v) is 2.29. The van der Waals surface area contributed by atoms with Crippen LogP contribution in [-0.2, 0) is 12.6 Å². The van der Waals surface area contributed by atoms with Gasteiger partial charge in [0.15, 0.2) is 0 Å². The van der Waals surface area contributed by atoms with Crippen LogP contribution >= 0.6 is 0 Å². The third-order valence-electron chi connectivity index (χ3n) is 3.54. The van der Waals surface area contributed by atoms with Crippen molar-refractivity contribution in [1.82, 2.24) is 10.5 Å². The van der Waals surface area contributed by atoms with E-state index in [9.17, 15) is 18.0 Å². The minimum atomic E-state index is -4.42. The summed E-state index contributed by atoms with van der Waals surface area (Å²) in [5.74, 6) is 0.0433. The summed E-state index contributed by atoms with van der Waals surface area (Å²) in [5.41, 5.74) is 0.425. The zero-order chi connectivity index (χ0) is 17.2. The molecule has 2 aromatic rings. The maximum atomic E-state index is 12.8. The highest BCUT2D eigenvalue weighted by molar-refractivity contribution is 5.96. The van der Waals surface area contributed by atoms with E-state index in [4.69, 9.17) is 4.52 Å². The van der Waals surface area contributed by atoms with E-state index < -0.39 is 23.7 Å². The van der Waals surface area contributed by atoms with E-state index in [2.05, 4.69) is 10.5 Å². The van der Waals surface area contributed by atoms with Gasteiger partial charge in [-0.3, -0.25) is 4.79 Å². The Labute approximate surface area is 131 Å². The van der Waals surface area contributed by atoms with Gasteiger partial charge in [0.25, 0.3) is 5.91 Å². The van der Waals surface area contributed by atoms with Gasteiger partial charge >= 0.3 is 6.18 Å². The van der Waals surface area contributed by atoms with Crippen molar-refractivity contribution in [2.75, 3.05) is 0 Å². The molecule has 0 radical (unpaired) electrons. The largest absolute Gasteiger partial charge is 0.416 e. The number of alkyl halides is 3. The first-order valence-corrected chi connectivity index (χ1v) is 7.17. The van der Waals surface area contributed by atoms with Crippen LogP contribution in [0.2, 0.25) is 0 Å². The summed E-state index contributed by atoms with van der Waals surface area (Å²) < 4.78 is 43.3. The molecule has 2 rings (SSSR count). The molecule has 0 bridgehead atoms.